The molecule has 0 aromatic heterocycles. The van der Waals surface area contributed by atoms with Crippen molar-refractivity contribution < 1.29 is 9.90 Å². The maximum Gasteiger partial charge on any atom is 0.275 e. The predicted octanol–water partition coefficient (Wildman–Crippen LogP) is 3.86. The monoisotopic (exact) mass is 314 g/mol. The molecule has 0 spiro atoms. The van der Waals surface area contributed by atoms with Crippen LogP contribution in [0.5, 0.6) is 5.75 Å². The molecule has 0 fully saturated rings. The number of phenolic OH excluding ortho intramolecular Hbond substituents is 1. The Hall–Kier alpha value is -2.59. The van der Waals surface area contributed by atoms with Crippen LogP contribution in [0.25, 0.3) is 6.08 Å². The second-order valence-corrected chi connectivity index (χ2v) is 5.10. The lowest BCUT2D eigenvalue weighted by Crippen LogP contribution is -2.17. The molecule has 2 aromatic rings. The molecule has 0 heterocycles. The number of phenols is 1. The van der Waals surface area contributed by atoms with Crippen molar-refractivity contribution in [3.05, 3.63) is 70.3 Å². The Morgan fingerprint density at radius 2 is 1.95 bits per heavy atom. The Bertz CT molecular complexity index is 725. The van der Waals surface area contributed by atoms with Gasteiger partial charge in [0.15, 0.2) is 0 Å². The van der Waals surface area contributed by atoms with Crippen molar-refractivity contribution in [1.82, 2.24) is 5.43 Å². The van der Waals surface area contributed by atoms with Crippen LogP contribution in [0, 0.1) is 0 Å². The average Bonchev–Trinajstić information content (AvgIpc) is 2.50. The molecule has 0 saturated carbocycles. The van der Waals surface area contributed by atoms with E-state index in [0.29, 0.717) is 5.02 Å². The van der Waals surface area contributed by atoms with Crippen LogP contribution >= 0.6 is 11.6 Å². The first kappa shape index (κ1) is 15.8. The standard InChI is InChI=1S/C17H15ClN2O2/c1-12(9-13-5-3-2-4-6-13)11-19-20-17(22)15-10-14(18)7-8-16(15)21/h2-11,21H,1H3,(H,20,22)/b12-9+,19-11+. The summed E-state index contributed by atoms with van der Waals surface area (Å²) in [6.45, 7) is 1.87. The first-order valence-electron chi connectivity index (χ1n) is 6.61. The second kappa shape index (κ2) is 7.43. The van der Waals surface area contributed by atoms with E-state index in [-0.39, 0.29) is 11.3 Å². The highest BCUT2D eigenvalue weighted by molar-refractivity contribution is 6.31. The summed E-state index contributed by atoms with van der Waals surface area (Å²) in [5.74, 6) is -0.669. The van der Waals surface area contributed by atoms with Crippen molar-refractivity contribution in [1.29, 1.82) is 0 Å². The SMILES string of the molecule is CC(/C=N/NC(=O)c1cc(Cl)ccc1O)=C\c1ccccc1. The van der Waals surface area contributed by atoms with Crippen LogP contribution in [-0.2, 0) is 0 Å². The molecule has 0 unspecified atom stereocenters. The number of amides is 1. The van der Waals surface area contributed by atoms with Gasteiger partial charge in [-0.1, -0.05) is 48.0 Å². The number of carbonyl (C=O) groups excluding carboxylic acids is 1. The maximum atomic E-state index is 11.9. The number of rotatable bonds is 4. The second-order valence-electron chi connectivity index (χ2n) is 4.66. The fraction of sp³-hybridized carbons (Fsp3) is 0.0588. The molecular formula is C17H15ClN2O2. The van der Waals surface area contributed by atoms with Gasteiger partial charge >= 0.3 is 0 Å². The number of carbonyl (C=O) groups is 1. The van der Waals surface area contributed by atoms with Crippen molar-refractivity contribution >= 4 is 29.8 Å². The number of hydrogen-bond donors (Lipinski definition) is 2. The zero-order valence-corrected chi connectivity index (χ0v) is 12.7. The van der Waals surface area contributed by atoms with E-state index in [4.69, 9.17) is 11.6 Å². The number of hydrazone groups is 1. The lowest BCUT2D eigenvalue weighted by Gasteiger charge is -2.03. The van der Waals surface area contributed by atoms with Crippen LogP contribution in [0.4, 0.5) is 0 Å². The number of nitrogens with zero attached hydrogens (tertiary/aromatic N) is 1. The smallest absolute Gasteiger partial charge is 0.275 e. The summed E-state index contributed by atoms with van der Waals surface area (Å²) in [7, 11) is 0. The van der Waals surface area contributed by atoms with Crippen LogP contribution < -0.4 is 5.43 Å². The number of allylic oxidation sites excluding steroid dienone is 1. The molecule has 0 radical (unpaired) electrons. The highest BCUT2D eigenvalue weighted by Gasteiger charge is 2.10. The van der Waals surface area contributed by atoms with Crippen molar-refractivity contribution in [3.8, 4) is 5.75 Å². The van der Waals surface area contributed by atoms with E-state index in [1.54, 1.807) is 0 Å². The topological polar surface area (TPSA) is 61.7 Å². The van der Waals surface area contributed by atoms with E-state index < -0.39 is 5.91 Å². The van der Waals surface area contributed by atoms with Gasteiger partial charge in [0.1, 0.15) is 5.75 Å². The number of nitrogens with one attached hydrogen (secondary N) is 1. The quantitative estimate of drug-likeness (QED) is 0.665. The van der Waals surface area contributed by atoms with E-state index in [1.165, 1.54) is 24.4 Å². The van der Waals surface area contributed by atoms with E-state index in [0.717, 1.165) is 11.1 Å². The van der Waals surface area contributed by atoms with Crippen LogP contribution in [0.1, 0.15) is 22.8 Å². The molecule has 0 aliphatic rings. The van der Waals surface area contributed by atoms with Gasteiger partial charge < -0.3 is 5.11 Å². The minimum absolute atomic E-state index is 0.0781. The van der Waals surface area contributed by atoms with Crippen LogP contribution in [-0.4, -0.2) is 17.2 Å². The summed E-state index contributed by atoms with van der Waals surface area (Å²) < 4.78 is 0. The van der Waals surface area contributed by atoms with Gasteiger partial charge in [0.25, 0.3) is 5.91 Å². The molecule has 5 heteroatoms. The average molecular weight is 315 g/mol. The van der Waals surface area contributed by atoms with E-state index in [1.807, 2.05) is 43.3 Å². The van der Waals surface area contributed by atoms with Gasteiger partial charge in [0.05, 0.1) is 11.8 Å². The first-order valence-corrected chi connectivity index (χ1v) is 6.99. The zero-order valence-electron chi connectivity index (χ0n) is 12.0. The van der Waals surface area contributed by atoms with E-state index >= 15 is 0 Å². The third-order valence-electron chi connectivity index (χ3n) is 2.83. The fourth-order valence-corrected chi connectivity index (χ4v) is 1.96. The van der Waals surface area contributed by atoms with Gasteiger partial charge in [-0.2, -0.15) is 5.10 Å². The molecule has 0 aliphatic heterocycles. The van der Waals surface area contributed by atoms with Crippen molar-refractivity contribution in [3.63, 3.8) is 0 Å². The Kier molecular flexibility index (Phi) is 5.33. The third-order valence-corrected chi connectivity index (χ3v) is 3.07. The van der Waals surface area contributed by atoms with Crippen LogP contribution in [0.2, 0.25) is 5.02 Å². The summed E-state index contributed by atoms with van der Waals surface area (Å²) in [5.41, 5.74) is 4.36. The summed E-state index contributed by atoms with van der Waals surface area (Å²) in [5, 5.41) is 13.9. The van der Waals surface area contributed by atoms with Gasteiger partial charge in [0, 0.05) is 5.02 Å². The molecule has 2 rings (SSSR count). The molecular weight excluding hydrogens is 300 g/mol. The molecule has 0 saturated heterocycles. The molecule has 1 amide bonds. The number of hydrogen-bond acceptors (Lipinski definition) is 3. The molecule has 0 aliphatic carbocycles. The summed E-state index contributed by atoms with van der Waals surface area (Å²) in [4.78, 5) is 11.9. The van der Waals surface area contributed by atoms with E-state index in [9.17, 15) is 9.90 Å². The molecule has 2 aromatic carbocycles. The zero-order chi connectivity index (χ0) is 15.9. The number of halogens is 1. The first-order chi connectivity index (χ1) is 10.6. The van der Waals surface area contributed by atoms with Gasteiger partial charge in [-0.15, -0.1) is 0 Å². The molecule has 0 bridgehead atoms. The Morgan fingerprint density at radius 1 is 1.23 bits per heavy atom. The van der Waals surface area contributed by atoms with Gasteiger partial charge in [-0.25, -0.2) is 5.43 Å². The number of benzene rings is 2. The molecule has 4 nitrogen and oxygen atoms in total. The maximum absolute atomic E-state index is 11.9. The normalized spacial score (nSPS) is 11.6. The van der Waals surface area contributed by atoms with Crippen molar-refractivity contribution in [2.75, 3.05) is 0 Å². The Balaban J connectivity index is 2.01. The molecule has 2 N–H and O–H groups in total. The molecule has 22 heavy (non-hydrogen) atoms. The minimum Gasteiger partial charge on any atom is -0.507 e. The largest absolute Gasteiger partial charge is 0.507 e. The number of aromatic hydroxyl groups is 1. The minimum atomic E-state index is -0.524. The predicted molar refractivity (Wildman–Crippen MR) is 89.2 cm³/mol. The highest BCUT2D eigenvalue weighted by atomic mass is 35.5. The van der Waals surface area contributed by atoms with Crippen molar-refractivity contribution in [2.24, 2.45) is 5.10 Å². The third kappa shape index (κ3) is 4.46. The van der Waals surface area contributed by atoms with E-state index in [2.05, 4.69) is 10.5 Å². The van der Waals surface area contributed by atoms with Crippen LogP contribution in [0.3, 0.4) is 0 Å². The van der Waals surface area contributed by atoms with Gasteiger partial charge in [0.2, 0.25) is 0 Å². The Labute approximate surface area is 133 Å². The van der Waals surface area contributed by atoms with Crippen molar-refractivity contribution in [2.45, 2.75) is 6.92 Å². The lowest BCUT2D eigenvalue weighted by atomic mass is 10.1. The van der Waals surface area contributed by atoms with Crippen LogP contribution in [0.15, 0.2) is 59.2 Å². The summed E-state index contributed by atoms with van der Waals surface area (Å²) in [6.07, 6.45) is 3.47. The van der Waals surface area contributed by atoms with Gasteiger partial charge in [-0.3, -0.25) is 4.79 Å². The summed E-state index contributed by atoms with van der Waals surface area (Å²) >= 11 is 5.80. The Morgan fingerprint density at radius 3 is 2.68 bits per heavy atom. The fourth-order valence-electron chi connectivity index (χ4n) is 1.79. The molecule has 0 atom stereocenters. The lowest BCUT2D eigenvalue weighted by molar-refractivity contribution is 0.0952. The highest BCUT2D eigenvalue weighted by Crippen LogP contribution is 2.21. The van der Waals surface area contributed by atoms with Gasteiger partial charge in [-0.05, 0) is 36.3 Å². The summed E-state index contributed by atoms with van der Waals surface area (Å²) in [6, 6.07) is 14.0. The molecule has 112 valence electrons.